The summed E-state index contributed by atoms with van der Waals surface area (Å²) >= 11 is 1.37. The van der Waals surface area contributed by atoms with Crippen LogP contribution in [0.5, 0.6) is 0 Å². The second-order valence-corrected chi connectivity index (χ2v) is 10.0. The molecule has 29 heavy (non-hydrogen) atoms. The van der Waals surface area contributed by atoms with Gasteiger partial charge < -0.3 is 4.57 Å². The van der Waals surface area contributed by atoms with Gasteiger partial charge in [-0.25, -0.2) is 8.42 Å². The fraction of sp³-hybridized carbons (Fsp3) is 0.333. The van der Waals surface area contributed by atoms with E-state index in [-0.39, 0.29) is 4.90 Å². The number of nitrogens with one attached hydrogen (secondary N) is 1. The standard InChI is InChI=1S/C21H24N4O2S2/c1-25-15-22-23-21(25)28-20-10-6-5-9-19(20)24-29(26,27)18-13-11-17(12-14-18)16-7-3-2-4-8-16/h5-6,9-16,24H,2-4,7-8H2,1H3. The fourth-order valence-corrected chi connectivity index (χ4v) is 5.66. The summed E-state index contributed by atoms with van der Waals surface area (Å²) in [6.45, 7) is 0. The van der Waals surface area contributed by atoms with Crippen LogP contribution in [-0.2, 0) is 17.1 Å². The summed E-state index contributed by atoms with van der Waals surface area (Å²) in [6, 6.07) is 14.7. The van der Waals surface area contributed by atoms with Gasteiger partial charge >= 0.3 is 0 Å². The average Bonchev–Trinajstić information content (AvgIpc) is 3.14. The first-order valence-corrected chi connectivity index (χ1v) is 12.1. The number of hydrogen-bond acceptors (Lipinski definition) is 5. The van der Waals surface area contributed by atoms with Gasteiger partial charge in [0.1, 0.15) is 6.33 Å². The predicted octanol–water partition coefficient (Wildman–Crippen LogP) is 4.81. The highest BCUT2D eigenvalue weighted by Crippen LogP contribution is 2.35. The number of anilines is 1. The molecule has 1 heterocycles. The molecule has 0 amide bonds. The van der Waals surface area contributed by atoms with Gasteiger partial charge in [-0.05, 0) is 60.4 Å². The topological polar surface area (TPSA) is 76.9 Å². The van der Waals surface area contributed by atoms with E-state index in [4.69, 9.17) is 0 Å². The van der Waals surface area contributed by atoms with Crippen molar-refractivity contribution < 1.29 is 8.42 Å². The molecule has 1 N–H and O–H groups in total. The number of rotatable bonds is 6. The van der Waals surface area contributed by atoms with E-state index in [1.807, 2.05) is 37.4 Å². The molecule has 8 heteroatoms. The lowest BCUT2D eigenvalue weighted by Crippen LogP contribution is -2.14. The Balaban J connectivity index is 1.54. The Bertz CT molecular complexity index is 1070. The summed E-state index contributed by atoms with van der Waals surface area (Å²) in [7, 11) is -1.83. The first kappa shape index (κ1) is 20.0. The van der Waals surface area contributed by atoms with Crippen molar-refractivity contribution in [2.45, 2.75) is 53.0 Å². The highest BCUT2D eigenvalue weighted by molar-refractivity contribution is 7.99. The number of para-hydroxylation sites is 1. The third kappa shape index (κ3) is 4.64. The van der Waals surface area contributed by atoms with Crippen LogP contribution in [-0.4, -0.2) is 23.2 Å². The van der Waals surface area contributed by atoms with Crippen molar-refractivity contribution in [3.63, 3.8) is 0 Å². The van der Waals surface area contributed by atoms with E-state index in [2.05, 4.69) is 14.9 Å². The van der Waals surface area contributed by atoms with Crippen LogP contribution in [0.4, 0.5) is 5.69 Å². The Morgan fingerprint density at radius 1 is 1.03 bits per heavy atom. The summed E-state index contributed by atoms with van der Waals surface area (Å²) in [5.74, 6) is 0.553. The number of aromatic nitrogens is 3. The maximum Gasteiger partial charge on any atom is 0.261 e. The summed E-state index contributed by atoms with van der Waals surface area (Å²) < 4.78 is 30.4. The highest BCUT2D eigenvalue weighted by atomic mass is 32.2. The van der Waals surface area contributed by atoms with Crippen LogP contribution in [0, 0.1) is 0 Å². The maximum absolute atomic E-state index is 13.0. The summed E-state index contributed by atoms with van der Waals surface area (Å²) in [4.78, 5) is 1.04. The van der Waals surface area contributed by atoms with Crippen molar-refractivity contribution in [1.82, 2.24) is 14.8 Å². The fourth-order valence-electron chi connectivity index (χ4n) is 3.66. The monoisotopic (exact) mass is 428 g/mol. The summed E-state index contributed by atoms with van der Waals surface area (Å²) in [5.41, 5.74) is 1.76. The summed E-state index contributed by atoms with van der Waals surface area (Å²) in [5, 5.41) is 8.62. The van der Waals surface area contributed by atoms with Crippen molar-refractivity contribution >= 4 is 27.5 Å². The normalized spacial score (nSPS) is 15.3. The van der Waals surface area contributed by atoms with Gasteiger partial charge in [0.2, 0.25) is 0 Å². The molecule has 1 saturated carbocycles. The molecular formula is C21H24N4O2S2. The van der Waals surface area contributed by atoms with Crippen LogP contribution in [0.2, 0.25) is 0 Å². The van der Waals surface area contributed by atoms with E-state index in [9.17, 15) is 8.42 Å². The smallest absolute Gasteiger partial charge is 0.261 e. The van der Waals surface area contributed by atoms with Crippen LogP contribution < -0.4 is 4.72 Å². The van der Waals surface area contributed by atoms with Crippen molar-refractivity contribution in [2.24, 2.45) is 7.05 Å². The van der Waals surface area contributed by atoms with Gasteiger partial charge in [0.05, 0.1) is 10.6 Å². The molecule has 4 rings (SSSR count). The zero-order valence-corrected chi connectivity index (χ0v) is 17.9. The molecule has 0 saturated heterocycles. The number of nitrogens with zero attached hydrogens (tertiary/aromatic N) is 3. The van der Waals surface area contributed by atoms with E-state index < -0.39 is 10.0 Å². The molecule has 1 aromatic heterocycles. The van der Waals surface area contributed by atoms with Crippen molar-refractivity contribution in [2.75, 3.05) is 4.72 Å². The molecule has 1 aliphatic carbocycles. The Morgan fingerprint density at radius 3 is 2.45 bits per heavy atom. The Kier molecular flexibility index (Phi) is 5.91. The van der Waals surface area contributed by atoms with Crippen LogP contribution in [0.15, 0.2) is 69.8 Å². The van der Waals surface area contributed by atoms with E-state index in [1.165, 1.54) is 49.4 Å². The largest absolute Gasteiger partial charge is 0.311 e. The molecule has 0 spiro atoms. The molecule has 2 aromatic carbocycles. The summed E-state index contributed by atoms with van der Waals surface area (Å²) in [6.07, 6.45) is 7.81. The molecule has 3 aromatic rings. The van der Waals surface area contributed by atoms with Gasteiger partial charge in [-0.2, -0.15) is 0 Å². The molecule has 0 radical (unpaired) electrons. The third-order valence-corrected chi connectivity index (χ3v) is 7.78. The quantitative estimate of drug-likeness (QED) is 0.609. The minimum Gasteiger partial charge on any atom is -0.311 e. The Morgan fingerprint density at radius 2 is 1.76 bits per heavy atom. The lowest BCUT2D eigenvalue weighted by atomic mass is 9.84. The molecule has 0 atom stereocenters. The van der Waals surface area contributed by atoms with Gasteiger partial charge in [0.15, 0.2) is 5.16 Å². The average molecular weight is 429 g/mol. The Labute approximate surface area is 175 Å². The zero-order chi connectivity index (χ0) is 20.3. The van der Waals surface area contributed by atoms with E-state index >= 15 is 0 Å². The van der Waals surface area contributed by atoms with Gasteiger partial charge in [-0.15, -0.1) is 10.2 Å². The molecule has 1 fully saturated rings. The van der Waals surface area contributed by atoms with Crippen LogP contribution >= 0.6 is 11.8 Å². The third-order valence-electron chi connectivity index (χ3n) is 5.27. The van der Waals surface area contributed by atoms with Gasteiger partial charge in [-0.1, -0.05) is 43.5 Å². The molecule has 1 aliphatic rings. The van der Waals surface area contributed by atoms with Crippen LogP contribution in [0.1, 0.15) is 43.6 Å². The van der Waals surface area contributed by atoms with Gasteiger partial charge in [0.25, 0.3) is 10.0 Å². The minimum atomic E-state index is -3.68. The molecule has 152 valence electrons. The molecule has 0 unspecified atom stereocenters. The molecule has 0 aliphatic heterocycles. The number of sulfonamides is 1. The number of hydrogen-bond donors (Lipinski definition) is 1. The first-order valence-electron chi connectivity index (χ1n) is 9.76. The van der Waals surface area contributed by atoms with E-state index in [1.54, 1.807) is 29.1 Å². The number of benzene rings is 2. The second-order valence-electron chi connectivity index (χ2n) is 7.33. The number of aryl methyl sites for hydroxylation is 1. The predicted molar refractivity (Wildman–Crippen MR) is 115 cm³/mol. The van der Waals surface area contributed by atoms with E-state index in [0.717, 1.165) is 4.90 Å². The van der Waals surface area contributed by atoms with Gasteiger partial charge in [0, 0.05) is 11.9 Å². The SMILES string of the molecule is Cn1cnnc1Sc1ccccc1NS(=O)(=O)c1ccc(C2CCCCC2)cc1. The van der Waals surface area contributed by atoms with Crippen LogP contribution in [0.25, 0.3) is 0 Å². The molecular weight excluding hydrogens is 404 g/mol. The molecule has 0 bridgehead atoms. The second kappa shape index (κ2) is 8.59. The minimum absolute atomic E-state index is 0.274. The first-order chi connectivity index (χ1) is 14.0. The van der Waals surface area contributed by atoms with Gasteiger partial charge in [-0.3, -0.25) is 4.72 Å². The highest BCUT2D eigenvalue weighted by Gasteiger charge is 2.19. The lowest BCUT2D eigenvalue weighted by molar-refractivity contribution is 0.443. The van der Waals surface area contributed by atoms with Crippen molar-refractivity contribution in [3.05, 3.63) is 60.4 Å². The maximum atomic E-state index is 13.0. The Hall–Kier alpha value is -2.32. The van der Waals surface area contributed by atoms with Crippen LogP contribution in [0.3, 0.4) is 0 Å². The molecule has 6 nitrogen and oxygen atoms in total. The van der Waals surface area contributed by atoms with E-state index in [0.29, 0.717) is 16.8 Å². The zero-order valence-electron chi connectivity index (χ0n) is 16.3. The van der Waals surface area contributed by atoms with Crippen molar-refractivity contribution in [3.8, 4) is 0 Å². The lowest BCUT2D eigenvalue weighted by Gasteiger charge is -2.22. The van der Waals surface area contributed by atoms with Crippen molar-refractivity contribution in [1.29, 1.82) is 0 Å².